The number of hydrogen-bond acceptors (Lipinski definition) is 6. The van der Waals surface area contributed by atoms with Crippen molar-refractivity contribution in [2.24, 2.45) is 0 Å². The number of non-ortho nitro benzene ring substituents is 1. The first-order chi connectivity index (χ1) is 12.8. The average Bonchev–Trinajstić information content (AvgIpc) is 3.00. The third kappa shape index (κ3) is 4.28. The zero-order valence-corrected chi connectivity index (χ0v) is 16.2. The smallest absolute Gasteiger partial charge is 0.269 e. The maximum atomic E-state index is 10.9. The van der Waals surface area contributed by atoms with E-state index in [1.807, 2.05) is 18.2 Å². The van der Waals surface area contributed by atoms with Crippen LogP contribution in [0, 0.1) is 10.1 Å². The molecule has 0 unspecified atom stereocenters. The molecule has 3 rings (SSSR count). The van der Waals surface area contributed by atoms with Gasteiger partial charge in [0.15, 0.2) is 5.82 Å². The van der Waals surface area contributed by atoms with Crippen molar-refractivity contribution in [3.63, 3.8) is 0 Å². The van der Waals surface area contributed by atoms with Crippen LogP contribution in [0.5, 0.6) is 0 Å². The lowest BCUT2D eigenvalue weighted by Gasteiger charge is -2.19. The highest BCUT2D eigenvalue weighted by atomic mass is 32.2. The van der Waals surface area contributed by atoms with E-state index in [4.69, 9.17) is 5.84 Å². The molecule has 0 saturated carbocycles. The van der Waals surface area contributed by atoms with Crippen molar-refractivity contribution in [1.29, 1.82) is 0 Å². The first-order valence-corrected chi connectivity index (χ1v) is 9.42. The number of nitro groups is 1. The molecule has 0 aliphatic carbocycles. The van der Waals surface area contributed by atoms with Gasteiger partial charge in [0.1, 0.15) is 0 Å². The summed E-state index contributed by atoms with van der Waals surface area (Å²) in [7, 11) is 0. The summed E-state index contributed by atoms with van der Waals surface area (Å²) >= 11 is 1.39. The first kappa shape index (κ1) is 18.9. The molecular weight excluding hydrogens is 362 g/mol. The normalized spacial score (nSPS) is 11.5. The molecule has 1 heterocycles. The Morgan fingerprint density at radius 2 is 1.85 bits per heavy atom. The Morgan fingerprint density at radius 1 is 1.15 bits per heavy atom. The Morgan fingerprint density at radius 3 is 2.48 bits per heavy atom. The van der Waals surface area contributed by atoms with E-state index >= 15 is 0 Å². The predicted molar refractivity (Wildman–Crippen MR) is 107 cm³/mol. The highest BCUT2D eigenvalue weighted by Gasteiger charge is 2.16. The molecule has 0 aliphatic rings. The summed E-state index contributed by atoms with van der Waals surface area (Å²) in [6.45, 7) is 6.49. The summed E-state index contributed by atoms with van der Waals surface area (Å²) in [5.74, 6) is 7.26. The topological polar surface area (TPSA) is 99.9 Å². The van der Waals surface area contributed by atoms with Gasteiger partial charge in [0.25, 0.3) is 5.69 Å². The Kier molecular flexibility index (Phi) is 5.18. The van der Waals surface area contributed by atoms with E-state index in [0.717, 1.165) is 11.1 Å². The van der Waals surface area contributed by atoms with Crippen molar-refractivity contribution >= 4 is 17.4 Å². The predicted octanol–water partition coefficient (Wildman–Crippen LogP) is 4.16. The molecule has 0 amide bonds. The Bertz CT molecular complexity index is 961. The number of nitrogens with zero attached hydrogens (tertiary/aromatic N) is 4. The van der Waals surface area contributed by atoms with E-state index < -0.39 is 4.92 Å². The Labute approximate surface area is 161 Å². The number of hydrogen-bond donors (Lipinski definition) is 1. The van der Waals surface area contributed by atoms with E-state index in [-0.39, 0.29) is 11.1 Å². The molecule has 7 nitrogen and oxygen atoms in total. The molecule has 2 aromatic carbocycles. The molecule has 0 atom stereocenters. The van der Waals surface area contributed by atoms with E-state index in [2.05, 4.69) is 43.1 Å². The monoisotopic (exact) mass is 383 g/mol. The molecule has 0 spiro atoms. The summed E-state index contributed by atoms with van der Waals surface area (Å²) < 4.78 is 1.45. The van der Waals surface area contributed by atoms with E-state index in [1.54, 1.807) is 12.1 Å². The fourth-order valence-electron chi connectivity index (χ4n) is 2.60. The van der Waals surface area contributed by atoms with Crippen molar-refractivity contribution < 1.29 is 4.92 Å². The van der Waals surface area contributed by atoms with Crippen LogP contribution in [0.2, 0.25) is 0 Å². The van der Waals surface area contributed by atoms with Gasteiger partial charge in [-0.2, -0.15) is 0 Å². The second-order valence-electron chi connectivity index (χ2n) is 7.22. The second kappa shape index (κ2) is 7.40. The molecule has 0 saturated heterocycles. The van der Waals surface area contributed by atoms with Gasteiger partial charge in [-0.25, -0.2) is 4.68 Å². The maximum Gasteiger partial charge on any atom is 0.269 e. The van der Waals surface area contributed by atoms with Crippen molar-refractivity contribution in [2.75, 3.05) is 5.84 Å². The molecule has 0 radical (unpaired) electrons. The third-order valence-electron chi connectivity index (χ3n) is 4.16. The van der Waals surface area contributed by atoms with Crippen LogP contribution in [0.25, 0.3) is 11.4 Å². The first-order valence-electron chi connectivity index (χ1n) is 8.43. The quantitative estimate of drug-likeness (QED) is 0.307. The van der Waals surface area contributed by atoms with Gasteiger partial charge in [-0.3, -0.25) is 10.1 Å². The third-order valence-corrected chi connectivity index (χ3v) is 5.18. The van der Waals surface area contributed by atoms with Crippen molar-refractivity contribution in [3.8, 4) is 11.4 Å². The zero-order chi connectivity index (χ0) is 19.6. The number of nitrogen functional groups attached to an aromatic ring is 1. The molecule has 27 heavy (non-hydrogen) atoms. The van der Waals surface area contributed by atoms with E-state index in [1.165, 1.54) is 28.1 Å². The molecule has 140 valence electrons. The standard InChI is InChI=1S/C19H21N5O2S/c1-19(2,3)15-9-7-14(8-10-15)17-21-22-18(23(17)20)27-12-13-5-4-6-16(11-13)24(25)26/h4-11H,12,20H2,1-3H3. The van der Waals surface area contributed by atoms with Crippen LogP contribution >= 0.6 is 11.8 Å². The van der Waals surface area contributed by atoms with Gasteiger partial charge in [0.2, 0.25) is 5.16 Å². The van der Waals surface area contributed by atoms with Gasteiger partial charge < -0.3 is 5.84 Å². The Balaban J connectivity index is 1.76. The minimum Gasteiger partial charge on any atom is -0.335 e. The average molecular weight is 383 g/mol. The summed E-state index contributed by atoms with van der Waals surface area (Å²) in [5.41, 5.74) is 3.10. The molecule has 0 aliphatic heterocycles. The van der Waals surface area contributed by atoms with Gasteiger partial charge >= 0.3 is 0 Å². The summed E-state index contributed by atoms with van der Waals surface area (Å²) in [5, 5.41) is 19.8. The van der Waals surface area contributed by atoms with Crippen LogP contribution in [0.1, 0.15) is 31.9 Å². The molecule has 2 N–H and O–H groups in total. The lowest BCUT2D eigenvalue weighted by Crippen LogP contribution is -2.12. The molecule has 3 aromatic rings. The number of aromatic nitrogens is 3. The highest BCUT2D eigenvalue weighted by molar-refractivity contribution is 7.98. The minimum atomic E-state index is -0.404. The molecule has 0 bridgehead atoms. The molecular formula is C19H21N5O2S. The lowest BCUT2D eigenvalue weighted by atomic mass is 9.87. The fraction of sp³-hybridized carbons (Fsp3) is 0.263. The van der Waals surface area contributed by atoms with Crippen LogP contribution in [-0.2, 0) is 11.2 Å². The van der Waals surface area contributed by atoms with Crippen molar-refractivity contribution in [2.45, 2.75) is 37.1 Å². The highest BCUT2D eigenvalue weighted by Crippen LogP contribution is 2.28. The molecule has 0 fully saturated rings. The van der Waals surface area contributed by atoms with Gasteiger partial charge in [-0.1, -0.05) is 68.9 Å². The van der Waals surface area contributed by atoms with Crippen LogP contribution in [0.4, 0.5) is 5.69 Å². The lowest BCUT2D eigenvalue weighted by molar-refractivity contribution is -0.384. The summed E-state index contributed by atoms with van der Waals surface area (Å²) in [4.78, 5) is 10.5. The number of thioether (sulfide) groups is 1. The van der Waals surface area contributed by atoms with Crippen molar-refractivity contribution in [3.05, 3.63) is 69.8 Å². The number of rotatable bonds is 5. The number of nitro benzene ring substituents is 1. The van der Waals surface area contributed by atoms with Crippen LogP contribution in [0.3, 0.4) is 0 Å². The van der Waals surface area contributed by atoms with E-state index in [9.17, 15) is 10.1 Å². The molecule has 8 heteroatoms. The summed E-state index contributed by atoms with van der Waals surface area (Å²) in [6.07, 6.45) is 0. The number of nitrogens with two attached hydrogens (primary N) is 1. The number of benzene rings is 2. The summed E-state index contributed by atoms with van der Waals surface area (Å²) in [6, 6.07) is 14.6. The zero-order valence-electron chi connectivity index (χ0n) is 15.4. The van der Waals surface area contributed by atoms with Crippen molar-refractivity contribution in [1.82, 2.24) is 14.9 Å². The van der Waals surface area contributed by atoms with Gasteiger partial charge in [-0.05, 0) is 16.5 Å². The maximum absolute atomic E-state index is 10.9. The second-order valence-corrected chi connectivity index (χ2v) is 8.16. The van der Waals surface area contributed by atoms with E-state index in [0.29, 0.717) is 16.7 Å². The minimum absolute atomic E-state index is 0.0712. The molecule has 1 aromatic heterocycles. The Hall–Kier alpha value is -2.87. The van der Waals surface area contributed by atoms with Crippen LogP contribution < -0.4 is 5.84 Å². The van der Waals surface area contributed by atoms with Gasteiger partial charge in [-0.15, -0.1) is 10.2 Å². The van der Waals surface area contributed by atoms with Gasteiger partial charge in [0.05, 0.1) is 4.92 Å². The largest absolute Gasteiger partial charge is 0.335 e. The van der Waals surface area contributed by atoms with Gasteiger partial charge in [0, 0.05) is 23.4 Å². The van der Waals surface area contributed by atoms with Crippen LogP contribution in [0.15, 0.2) is 53.7 Å². The fourth-order valence-corrected chi connectivity index (χ4v) is 3.40. The SMILES string of the molecule is CC(C)(C)c1ccc(-c2nnc(SCc3cccc([N+](=O)[O-])c3)n2N)cc1. The van der Waals surface area contributed by atoms with Crippen LogP contribution in [-0.4, -0.2) is 19.8 Å².